The van der Waals surface area contributed by atoms with E-state index in [1.807, 2.05) is 20.8 Å². The molecule has 0 saturated carbocycles. The maximum absolute atomic E-state index is 13.4. The van der Waals surface area contributed by atoms with Gasteiger partial charge in [-0.15, -0.1) is 11.8 Å². The topological polar surface area (TPSA) is 35.8 Å². The Morgan fingerprint density at radius 3 is 2.70 bits per heavy atom. The summed E-state index contributed by atoms with van der Waals surface area (Å²) in [7, 11) is 0. The van der Waals surface area contributed by atoms with E-state index < -0.39 is 17.2 Å². The number of rotatable bonds is 7. The van der Waals surface area contributed by atoms with Crippen LogP contribution in [0.4, 0.5) is 8.78 Å². The highest BCUT2D eigenvalue weighted by molar-refractivity contribution is 7.99. The average Bonchev–Trinajstić information content (AvgIpc) is 2.38. The third kappa shape index (κ3) is 5.48. The van der Waals surface area contributed by atoms with Gasteiger partial charge in [0, 0.05) is 10.9 Å². The van der Waals surface area contributed by atoms with Crippen LogP contribution in [0, 0.1) is 23.0 Å². The maximum atomic E-state index is 13.4. The van der Waals surface area contributed by atoms with Crippen LogP contribution in [0.25, 0.3) is 0 Å². The fourth-order valence-corrected chi connectivity index (χ4v) is 2.90. The summed E-state index contributed by atoms with van der Waals surface area (Å²) < 4.78 is 26.4. The van der Waals surface area contributed by atoms with Gasteiger partial charge in [0.15, 0.2) is 0 Å². The summed E-state index contributed by atoms with van der Waals surface area (Å²) in [5, 5.41) is 12.4. The number of halogens is 2. The molecule has 5 heteroatoms. The zero-order valence-electron chi connectivity index (χ0n) is 12.0. The van der Waals surface area contributed by atoms with E-state index in [1.54, 1.807) is 0 Å². The molecule has 0 amide bonds. The highest BCUT2D eigenvalue weighted by atomic mass is 32.2. The van der Waals surface area contributed by atoms with E-state index in [-0.39, 0.29) is 6.04 Å². The van der Waals surface area contributed by atoms with Crippen LogP contribution >= 0.6 is 11.8 Å². The van der Waals surface area contributed by atoms with Crippen molar-refractivity contribution < 1.29 is 8.78 Å². The van der Waals surface area contributed by atoms with E-state index >= 15 is 0 Å². The van der Waals surface area contributed by atoms with Crippen molar-refractivity contribution >= 4 is 11.8 Å². The minimum Gasteiger partial charge on any atom is -0.297 e. The van der Waals surface area contributed by atoms with Gasteiger partial charge in [0.1, 0.15) is 17.2 Å². The standard InChI is InChI=1S/C15H20F2N2S/c1-11(2)19-15(3,10-18)7-4-8-20-14-9-12(16)5-6-13(14)17/h5-6,9,11,19H,4,7-8H2,1-3H3. The van der Waals surface area contributed by atoms with Gasteiger partial charge in [0.05, 0.1) is 6.07 Å². The first kappa shape index (κ1) is 16.9. The lowest BCUT2D eigenvalue weighted by atomic mass is 9.97. The normalized spacial score (nSPS) is 14.1. The summed E-state index contributed by atoms with van der Waals surface area (Å²) in [5.41, 5.74) is -0.574. The monoisotopic (exact) mass is 298 g/mol. The molecular weight excluding hydrogens is 278 g/mol. The van der Waals surface area contributed by atoms with Crippen LogP contribution in [0.2, 0.25) is 0 Å². The molecule has 0 aliphatic rings. The SMILES string of the molecule is CC(C)NC(C)(C#N)CCCSc1cc(F)ccc1F. The lowest BCUT2D eigenvalue weighted by Gasteiger charge is -2.25. The van der Waals surface area contributed by atoms with Crippen LogP contribution in [0.3, 0.4) is 0 Å². The molecule has 1 unspecified atom stereocenters. The first-order chi connectivity index (χ1) is 9.36. The lowest BCUT2D eigenvalue weighted by Crippen LogP contribution is -2.44. The molecule has 0 bridgehead atoms. The molecule has 0 aliphatic heterocycles. The van der Waals surface area contributed by atoms with Gasteiger partial charge in [-0.3, -0.25) is 5.32 Å². The van der Waals surface area contributed by atoms with E-state index in [4.69, 9.17) is 0 Å². The highest BCUT2D eigenvalue weighted by Gasteiger charge is 2.23. The molecule has 2 nitrogen and oxygen atoms in total. The lowest BCUT2D eigenvalue weighted by molar-refractivity contribution is 0.380. The molecule has 110 valence electrons. The molecule has 0 aromatic heterocycles. The van der Waals surface area contributed by atoms with Crippen molar-refractivity contribution in [3.8, 4) is 6.07 Å². The van der Waals surface area contributed by atoms with Gasteiger partial charge in [0.25, 0.3) is 0 Å². The third-order valence-corrected chi connectivity index (χ3v) is 3.94. The maximum Gasteiger partial charge on any atom is 0.136 e. The molecule has 0 spiro atoms. The molecule has 1 rings (SSSR count). The molecular formula is C15H20F2N2S. The molecule has 1 N–H and O–H groups in total. The van der Waals surface area contributed by atoms with Gasteiger partial charge in [-0.2, -0.15) is 5.26 Å². The molecule has 0 radical (unpaired) electrons. The number of thioether (sulfide) groups is 1. The van der Waals surface area contributed by atoms with Gasteiger partial charge in [0.2, 0.25) is 0 Å². The smallest absolute Gasteiger partial charge is 0.136 e. The van der Waals surface area contributed by atoms with E-state index in [9.17, 15) is 14.0 Å². The van der Waals surface area contributed by atoms with Gasteiger partial charge in [-0.1, -0.05) is 0 Å². The Labute approximate surface area is 123 Å². The summed E-state index contributed by atoms with van der Waals surface area (Å²) in [6.45, 7) is 5.85. The van der Waals surface area contributed by atoms with Crippen molar-refractivity contribution in [2.24, 2.45) is 0 Å². The van der Waals surface area contributed by atoms with Crippen LogP contribution in [0.15, 0.2) is 23.1 Å². The van der Waals surface area contributed by atoms with Gasteiger partial charge in [-0.25, -0.2) is 8.78 Å². The van der Waals surface area contributed by atoms with Gasteiger partial charge >= 0.3 is 0 Å². The van der Waals surface area contributed by atoms with Crippen molar-refractivity contribution in [2.45, 2.75) is 50.1 Å². The predicted molar refractivity (Wildman–Crippen MR) is 78.6 cm³/mol. The number of hydrogen-bond acceptors (Lipinski definition) is 3. The quantitative estimate of drug-likeness (QED) is 0.607. The molecule has 1 aromatic rings. The van der Waals surface area contributed by atoms with Crippen LogP contribution < -0.4 is 5.32 Å². The highest BCUT2D eigenvalue weighted by Crippen LogP contribution is 2.25. The second-order valence-electron chi connectivity index (χ2n) is 5.27. The summed E-state index contributed by atoms with van der Waals surface area (Å²) >= 11 is 1.28. The van der Waals surface area contributed by atoms with Crippen LogP contribution in [0.5, 0.6) is 0 Å². The van der Waals surface area contributed by atoms with E-state index in [0.717, 1.165) is 18.6 Å². The largest absolute Gasteiger partial charge is 0.297 e. The number of nitrogens with one attached hydrogen (secondary N) is 1. The first-order valence-electron chi connectivity index (χ1n) is 6.63. The van der Waals surface area contributed by atoms with Gasteiger partial charge in [-0.05, 0) is 57.6 Å². The van der Waals surface area contributed by atoms with Crippen molar-refractivity contribution in [2.75, 3.05) is 5.75 Å². The van der Waals surface area contributed by atoms with Gasteiger partial charge < -0.3 is 0 Å². The molecule has 1 atom stereocenters. The Morgan fingerprint density at radius 2 is 2.10 bits per heavy atom. The van der Waals surface area contributed by atoms with Crippen LogP contribution in [-0.4, -0.2) is 17.3 Å². The second-order valence-corrected chi connectivity index (χ2v) is 6.41. The summed E-state index contributed by atoms with van der Waals surface area (Å²) in [5.74, 6) is -0.186. The Morgan fingerprint density at radius 1 is 1.40 bits per heavy atom. The molecule has 0 saturated heterocycles. The fourth-order valence-electron chi connectivity index (χ4n) is 1.99. The summed E-state index contributed by atoms with van der Waals surface area (Å²) in [4.78, 5) is 0.320. The van der Waals surface area contributed by atoms with Crippen molar-refractivity contribution in [3.05, 3.63) is 29.8 Å². The molecule has 0 heterocycles. The number of benzene rings is 1. The second kappa shape index (κ2) is 7.61. The molecule has 20 heavy (non-hydrogen) atoms. The van der Waals surface area contributed by atoms with Crippen molar-refractivity contribution in [1.82, 2.24) is 5.32 Å². The average molecular weight is 298 g/mol. The Hall–Kier alpha value is -1.12. The number of nitriles is 1. The fraction of sp³-hybridized carbons (Fsp3) is 0.533. The molecule has 1 aromatic carbocycles. The van der Waals surface area contributed by atoms with E-state index in [2.05, 4.69) is 11.4 Å². The van der Waals surface area contributed by atoms with Crippen LogP contribution in [-0.2, 0) is 0 Å². The predicted octanol–water partition coefficient (Wildman–Crippen LogP) is 4.12. The van der Waals surface area contributed by atoms with E-state index in [0.29, 0.717) is 17.1 Å². The number of nitrogens with zero attached hydrogens (tertiary/aromatic N) is 1. The first-order valence-corrected chi connectivity index (χ1v) is 7.61. The zero-order chi connectivity index (χ0) is 15.2. The van der Waals surface area contributed by atoms with Crippen molar-refractivity contribution in [3.63, 3.8) is 0 Å². The minimum absolute atomic E-state index is 0.230. The third-order valence-electron chi connectivity index (χ3n) is 2.83. The molecule has 0 fully saturated rings. The van der Waals surface area contributed by atoms with Crippen molar-refractivity contribution in [1.29, 1.82) is 5.26 Å². The van der Waals surface area contributed by atoms with Crippen LogP contribution in [0.1, 0.15) is 33.6 Å². The Bertz CT molecular complexity index is 485. The summed E-state index contributed by atoms with van der Waals surface area (Å²) in [6, 6.07) is 5.95. The minimum atomic E-state index is -0.574. The number of hydrogen-bond donors (Lipinski definition) is 1. The van der Waals surface area contributed by atoms with E-state index in [1.165, 1.54) is 17.8 Å². The Balaban J connectivity index is 2.45. The summed E-state index contributed by atoms with van der Waals surface area (Å²) in [6.07, 6.45) is 1.43. The Kier molecular flexibility index (Phi) is 6.44. The zero-order valence-corrected chi connectivity index (χ0v) is 12.9. The molecule has 0 aliphatic carbocycles.